The van der Waals surface area contributed by atoms with Gasteiger partial charge < -0.3 is 5.11 Å². The van der Waals surface area contributed by atoms with Gasteiger partial charge in [-0.05, 0) is 17.7 Å². The van der Waals surface area contributed by atoms with Crippen molar-refractivity contribution in [1.82, 2.24) is 0 Å². The van der Waals surface area contributed by atoms with E-state index < -0.39 is 0 Å². The van der Waals surface area contributed by atoms with Crippen LogP contribution >= 0.6 is 0 Å². The molecule has 0 aliphatic carbocycles. The van der Waals surface area contributed by atoms with E-state index in [1.165, 1.54) is 0 Å². The Labute approximate surface area is 82.7 Å². The summed E-state index contributed by atoms with van der Waals surface area (Å²) in [6, 6.07) is 6.89. The summed E-state index contributed by atoms with van der Waals surface area (Å²) < 4.78 is 0. The smallest absolute Gasteiger partial charge is 0.115 e. The Morgan fingerprint density at radius 1 is 1.20 bits per heavy atom. The summed E-state index contributed by atoms with van der Waals surface area (Å²) in [6.07, 6.45) is 1.74. The van der Waals surface area contributed by atoms with Gasteiger partial charge in [-0.2, -0.15) is 0 Å². The third-order valence-electron chi connectivity index (χ3n) is 1.13. The van der Waals surface area contributed by atoms with Crippen LogP contribution in [0.25, 0.3) is 6.08 Å². The first-order chi connectivity index (χ1) is 4.33. The second-order valence-corrected chi connectivity index (χ2v) is 1.80. The van der Waals surface area contributed by atoms with Gasteiger partial charge in [-0.1, -0.05) is 24.8 Å². The molecule has 0 saturated carbocycles. The molecule has 0 saturated heterocycles. The molecule has 0 aliphatic heterocycles. The zero-order valence-electron chi connectivity index (χ0n) is 6.04. The molecule has 1 aromatic carbocycles. The number of aromatic hydroxyl groups is 1. The van der Waals surface area contributed by atoms with E-state index in [-0.39, 0.29) is 29.6 Å². The van der Waals surface area contributed by atoms with Crippen LogP contribution in [0.5, 0.6) is 5.75 Å². The van der Waals surface area contributed by atoms with Crippen LogP contribution in [0.15, 0.2) is 30.8 Å². The van der Waals surface area contributed by atoms with Crippen molar-refractivity contribution in [2.45, 2.75) is 0 Å². The molecule has 0 atom stereocenters. The summed E-state index contributed by atoms with van der Waals surface area (Å²) in [6.45, 7) is 3.58. The van der Waals surface area contributed by atoms with Crippen LogP contribution in [0.1, 0.15) is 5.56 Å². The van der Waals surface area contributed by atoms with Gasteiger partial charge in [0, 0.05) is 29.6 Å². The number of rotatable bonds is 1. The molecule has 0 fully saturated rings. The zero-order valence-corrected chi connectivity index (χ0v) is 8.04. The van der Waals surface area contributed by atoms with E-state index in [1.807, 2.05) is 12.1 Å². The molecule has 1 radical (unpaired) electrons. The van der Waals surface area contributed by atoms with Crippen LogP contribution in [0, 0.1) is 0 Å². The van der Waals surface area contributed by atoms with Crippen LogP contribution in [0.2, 0.25) is 0 Å². The second kappa shape index (κ2) is 4.56. The maximum atomic E-state index is 8.82. The monoisotopic (exact) mass is 143 g/mol. The van der Waals surface area contributed by atoms with Crippen molar-refractivity contribution in [3.05, 3.63) is 36.4 Å². The van der Waals surface area contributed by atoms with E-state index in [0.29, 0.717) is 5.75 Å². The van der Waals surface area contributed by atoms with Crippen LogP contribution < -0.4 is 0 Å². The van der Waals surface area contributed by atoms with Crippen LogP contribution in [-0.4, -0.2) is 34.7 Å². The van der Waals surface area contributed by atoms with Crippen molar-refractivity contribution in [3.8, 4) is 5.75 Å². The van der Waals surface area contributed by atoms with E-state index in [1.54, 1.807) is 18.2 Å². The molecule has 0 aliphatic rings. The molecule has 47 valence electrons. The summed E-state index contributed by atoms with van der Waals surface area (Å²) in [5.41, 5.74) is 1.02. The van der Waals surface area contributed by atoms with Crippen LogP contribution in [0.3, 0.4) is 0 Å². The van der Waals surface area contributed by atoms with E-state index in [2.05, 4.69) is 6.58 Å². The van der Waals surface area contributed by atoms with E-state index in [4.69, 9.17) is 5.11 Å². The van der Waals surface area contributed by atoms with E-state index >= 15 is 0 Å². The summed E-state index contributed by atoms with van der Waals surface area (Å²) in [4.78, 5) is 0. The fourth-order valence-corrected chi connectivity index (χ4v) is 0.610. The molecular weight excluding hydrogens is 135 g/mol. The molecule has 1 aromatic rings. The molecule has 1 rings (SSSR count). The van der Waals surface area contributed by atoms with Gasteiger partial charge in [0.25, 0.3) is 0 Å². The van der Waals surface area contributed by atoms with E-state index in [0.717, 1.165) is 5.56 Å². The van der Waals surface area contributed by atoms with Crippen molar-refractivity contribution >= 4 is 35.6 Å². The molecule has 1 nitrogen and oxygen atoms in total. The predicted octanol–water partition coefficient (Wildman–Crippen LogP) is 1.65. The Balaban J connectivity index is 0.000000810. The van der Waals surface area contributed by atoms with Gasteiger partial charge in [-0.15, -0.1) is 0 Å². The molecular formula is C8H8NaO. The van der Waals surface area contributed by atoms with Gasteiger partial charge in [0.15, 0.2) is 0 Å². The van der Waals surface area contributed by atoms with Gasteiger partial charge in [-0.3, -0.25) is 0 Å². The number of phenols is 1. The molecule has 10 heavy (non-hydrogen) atoms. The second-order valence-electron chi connectivity index (χ2n) is 1.80. The van der Waals surface area contributed by atoms with Gasteiger partial charge in [0.2, 0.25) is 0 Å². The average molecular weight is 143 g/mol. The van der Waals surface area contributed by atoms with Crippen LogP contribution in [-0.2, 0) is 0 Å². The maximum absolute atomic E-state index is 8.82. The molecule has 0 amide bonds. The minimum Gasteiger partial charge on any atom is -0.508 e. The minimum absolute atomic E-state index is 0. The number of hydrogen-bond donors (Lipinski definition) is 1. The first-order valence-corrected chi connectivity index (χ1v) is 2.74. The van der Waals surface area contributed by atoms with Crippen molar-refractivity contribution in [2.24, 2.45) is 0 Å². The first-order valence-electron chi connectivity index (χ1n) is 2.74. The fraction of sp³-hybridized carbons (Fsp3) is 0. The Morgan fingerprint density at radius 2 is 1.70 bits per heavy atom. The average Bonchev–Trinajstić information content (AvgIpc) is 1.90. The topological polar surface area (TPSA) is 20.2 Å². The predicted molar refractivity (Wildman–Crippen MR) is 44.0 cm³/mol. The molecule has 0 unspecified atom stereocenters. The molecule has 2 heteroatoms. The molecule has 0 bridgehead atoms. The standard InChI is InChI=1S/C8H8O.Na/c1-2-7-3-5-8(9)6-4-7;/h2-6,9H,1H2;. The summed E-state index contributed by atoms with van der Waals surface area (Å²) in [5, 5.41) is 8.82. The summed E-state index contributed by atoms with van der Waals surface area (Å²) in [5.74, 6) is 0.292. The SMILES string of the molecule is C=Cc1ccc(O)cc1.[Na]. The van der Waals surface area contributed by atoms with Gasteiger partial charge in [0.1, 0.15) is 5.75 Å². The van der Waals surface area contributed by atoms with E-state index in [9.17, 15) is 0 Å². The van der Waals surface area contributed by atoms with Gasteiger partial charge >= 0.3 is 0 Å². The Bertz CT molecular complexity index is 203. The number of phenolic OH excluding ortho intramolecular Hbond substituents is 1. The molecule has 0 spiro atoms. The first kappa shape index (κ1) is 9.76. The molecule has 0 heterocycles. The third-order valence-corrected chi connectivity index (χ3v) is 1.13. The molecule has 0 aromatic heterocycles. The van der Waals surface area contributed by atoms with Crippen molar-refractivity contribution in [1.29, 1.82) is 0 Å². The number of benzene rings is 1. The van der Waals surface area contributed by atoms with Crippen molar-refractivity contribution in [2.75, 3.05) is 0 Å². The van der Waals surface area contributed by atoms with Crippen molar-refractivity contribution in [3.63, 3.8) is 0 Å². The number of hydrogen-bond acceptors (Lipinski definition) is 1. The quantitative estimate of drug-likeness (QED) is 0.592. The summed E-state index contributed by atoms with van der Waals surface area (Å²) >= 11 is 0. The van der Waals surface area contributed by atoms with Gasteiger partial charge in [0.05, 0.1) is 0 Å². The fourth-order valence-electron chi connectivity index (χ4n) is 0.610. The van der Waals surface area contributed by atoms with Gasteiger partial charge in [-0.25, -0.2) is 0 Å². The third kappa shape index (κ3) is 2.56. The molecule has 1 N–H and O–H groups in total. The zero-order chi connectivity index (χ0) is 6.69. The Kier molecular flexibility index (Phi) is 4.45. The largest absolute Gasteiger partial charge is 0.508 e. The minimum atomic E-state index is 0. The Hall–Kier alpha value is -0.240. The van der Waals surface area contributed by atoms with Crippen molar-refractivity contribution < 1.29 is 5.11 Å². The normalized spacial score (nSPS) is 8.00. The Morgan fingerprint density at radius 3 is 2.10 bits per heavy atom. The maximum Gasteiger partial charge on any atom is 0.115 e. The summed E-state index contributed by atoms with van der Waals surface area (Å²) in [7, 11) is 0. The van der Waals surface area contributed by atoms with Crippen LogP contribution in [0.4, 0.5) is 0 Å².